The quantitative estimate of drug-likeness (QED) is 0.883. The summed E-state index contributed by atoms with van der Waals surface area (Å²) in [6, 6.07) is 13.9. The molecule has 1 N–H and O–H groups in total. The number of rotatable bonds is 5. The van der Waals surface area contributed by atoms with Crippen molar-refractivity contribution in [1.82, 2.24) is 5.32 Å². The third-order valence-corrected chi connectivity index (χ3v) is 5.20. The van der Waals surface area contributed by atoms with Crippen molar-refractivity contribution >= 4 is 33.2 Å². The molecule has 0 aromatic heterocycles. The molecule has 0 aliphatic heterocycles. The lowest BCUT2D eigenvalue weighted by molar-refractivity contribution is 0.0940. The molecular formula is C17H19ClN2O3S. The van der Waals surface area contributed by atoms with Gasteiger partial charge in [-0.25, -0.2) is 8.42 Å². The number of nitrogens with zero attached hydrogens (tertiary/aromatic N) is 1. The lowest BCUT2D eigenvalue weighted by Gasteiger charge is -2.19. The summed E-state index contributed by atoms with van der Waals surface area (Å²) in [5.74, 6) is -0.300. The van der Waals surface area contributed by atoms with Gasteiger partial charge in [0, 0.05) is 12.6 Å². The summed E-state index contributed by atoms with van der Waals surface area (Å²) in [6.07, 6.45) is 1.08. The van der Waals surface area contributed by atoms with Gasteiger partial charge >= 0.3 is 0 Å². The molecule has 2 rings (SSSR count). The van der Waals surface area contributed by atoms with E-state index in [0.717, 1.165) is 16.1 Å². The summed E-state index contributed by atoms with van der Waals surface area (Å²) < 4.78 is 24.4. The van der Waals surface area contributed by atoms with Gasteiger partial charge in [0.05, 0.1) is 23.0 Å². The molecule has 1 atom stereocenters. The number of halogens is 1. The third-order valence-electron chi connectivity index (χ3n) is 3.69. The smallest absolute Gasteiger partial charge is 0.251 e. The van der Waals surface area contributed by atoms with Crippen LogP contribution in [0.4, 0.5) is 5.69 Å². The van der Waals surface area contributed by atoms with E-state index in [9.17, 15) is 13.2 Å². The van der Waals surface area contributed by atoms with Crippen molar-refractivity contribution in [2.24, 2.45) is 0 Å². The molecule has 2 aromatic carbocycles. The van der Waals surface area contributed by atoms with Gasteiger partial charge in [0.25, 0.3) is 5.91 Å². The molecule has 0 aliphatic carbocycles. The Bertz CT molecular complexity index is 838. The van der Waals surface area contributed by atoms with E-state index in [2.05, 4.69) is 5.32 Å². The summed E-state index contributed by atoms with van der Waals surface area (Å²) >= 11 is 6.07. The van der Waals surface area contributed by atoms with Crippen molar-refractivity contribution < 1.29 is 13.2 Å². The Hall–Kier alpha value is -2.05. The molecule has 0 fully saturated rings. The topological polar surface area (TPSA) is 66.5 Å². The fourth-order valence-corrected chi connectivity index (χ4v) is 2.98. The maximum Gasteiger partial charge on any atom is 0.251 e. The first-order valence-corrected chi connectivity index (χ1v) is 9.52. The molecule has 1 amide bonds. The Balaban J connectivity index is 2.24. The van der Waals surface area contributed by atoms with Gasteiger partial charge in [-0.2, -0.15) is 0 Å². The van der Waals surface area contributed by atoms with Crippen LogP contribution >= 0.6 is 11.6 Å². The van der Waals surface area contributed by atoms with Crippen LogP contribution in [0.15, 0.2) is 48.5 Å². The van der Waals surface area contributed by atoms with E-state index in [4.69, 9.17) is 11.6 Å². The van der Waals surface area contributed by atoms with Crippen LogP contribution in [0.5, 0.6) is 0 Å². The van der Waals surface area contributed by atoms with E-state index in [0.29, 0.717) is 5.56 Å². The van der Waals surface area contributed by atoms with Crippen molar-refractivity contribution in [3.63, 3.8) is 0 Å². The standard InChI is InChI=1S/C17H19ClN2O3S/c1-12(13-7-5-4-6-8-13)19-17(21)14-9-10-15(18)16(11-14)20(2)24(3,22)23/h4-12H,1-3H3,(H,19,21)/t12-/m1/s1. The Labute approximate surface area is 147 Å². The summed E-state index contributed by atoms with van der Waals surface area (Å²) in [4.78, 5) is 12.4. The zero-order valence-corrected chi connectivity index (χ0v) is 15.2. The first kappa shape index (κ1) is 18.3. The van der Waals surface area contributed by atoms with Crippen LogP contribution < -0.4 is 9.62 Å². The Morgan fingerprint density at radius 3 is 2.38 bits per heavy atom. The largest absolute Gasteiger partial charge is 0.346 e. The minimum atomic E-state index is -3.47. The molecule has 128 valence electrons. The van der Waals surface area contributed by atoms with Gasteiger partial charge in [-0.15, -0.1) is 0 Å². The second kappa shape index (κ2) is 7.23. The minimum Gasteiger partial charge on any atom is -0.346 e. The molecule has 0 spiro atoms. The highest BCUT2D eigenvalue weighted by Gasteiger charge is 2.18. The number of anilines is 1. The molecule has 0 heterocycles. The van der Waals surface area contributed by atoms with Gasteiger partial charge in [-0.05, 0) is 30.7 Å². The predicted octanol–water partition coefficient (Wildman–Crippen LogP) is 3.23. The Kier molecular flexibility index (Phi) is 5.51. The second-order valence-corrected chi connectivity index (χ2v) is 7.92. The third kappa shape index (κ3) is 4.27. The normalized spacial score (nSPS) is 12.5. The van der Waals surface area contributed by atoms with Crippen LogP contribution in [-0.4, -0.2) is 27.6 Å². The zero-order valence-electron chi connectivity index (χ0n) is 13.7. The van der Waals surface area contributed by atoms with Crippen molar-refractivity contribution in [2.75, 3.05) is 17.6 Å². The number of hydrogen-bond acceptors (Lipinski definition) is 3. The molecule has 0 saturated carbocycles. The van der Waals surface area contributed by atoms with Gasteiger partial charge in [0.2, 0.25) is 10.0 Å². The van der Waals surface area contributed by atoms with Crippen LogP contribution in [0.1, 0.15) is 28.9 Å². The first-order chi connectivity index (χ1) is 11.2. The highest BCUT2D eigenvalue weighted by molar-refractivity contribution is 7.92. The number of carbonyl (C=O) groups is 1. The lowest BCUT2D eigenvalue weighted by Crippen LogP contribution is -2.28. The summed E-state index contributed by atoms with van der Waals surface area (Å²) in [7, 11) is -2.08. The molecule has 5 nitrogen and oxygen atoms in total. The molecular weight excluding hydrogens is 348 g/mol. The number of hydrogen-bond donors (Lipinski definition) is 1. The molecule has 7 heteroatoms. The van der Waals surface area contributed by atoms with Gasteiger partial charge in [0.15, 0.2) is 0 Å². The van der Waals surface area contributed by atoms with E-state index >= 15 is 0 Å². The van der Waals surface area contributed by atoms with E-state index in [1.807, 2.05) is 37.3 Å². The Morgan fingerprint density at radius 1 is 1.17 bits per heavy atom. The minimum absolute atomic E-state index is 0.175. The number of amides is 1. The molecule has 0 saturated heterocycles. The van der Waals surface area contributed by atoms with Crippen molar-refractivity contribution in [3.05, 3.63) is 64.7 Å². The molecule has 24 heavy (non-hydrogen) atoms. The van der Waals surface area contributed by atoms with Crippen molar-refractivity contribution in [2.45, 2.75) is 13.0 Å². The van der Waals surface area contributed by atoms with Gasteiger partial charge < -0.3 is 5.32 Å². The van der Waals surface area contributed by atoms with E-state index < -0.39 is 10.0 Å². The highest BCUT2D eigenvalue weighted by Crippen LogP contribution is 2.28. The number of nitrogens with one attached hydrogen (secondary N) is 1. The Morgan fingerprint density at radius 2 is 1.79 bits per heavy atom. The monoisotopic (exact) mass is 366 g/mol. The van der Waals surface area contributed by atoms with Crippen molar-refractivity contribution in [3.8, 4) is 0 Å². The van der Waals surface area contributed by atoms with Crippen LogP contribution in [0.25, 0.3) is 0 Å². The molecule has 0 radical (unpaired) electrons. The lowest BCUT2D eigenvalue weighted by atomic mass is 10.1. The number of carbonyl (C=O) groups excluding carboxylic acids is 1. The van der Waals surface area contributed by atoms with Crippen LogP contribution in [-0.2, 0) is 10.0 Å². The average molecular weight is 367 g/mol. The van der Waals surface area contributed by atoms with E-state index in [1.54, 1.807) is 6.07 Å². The van der Waals surface area contributed by atoms with Gasteiger partial charge in [0.1, 0.15) is 0 Å². The summed E-state index contributed by atoms with van der Waals surface area (Å²) in [5.41, 5.74) is 1.58. The second-order valence-electron chi connectivity index (χ2n) is 5.50. The fraction of sp³-hybridized carbons (Fsp3) is 0.235. The molecule has 2 aromatic rings. The number of sulfonamides is 1. The van der Waals surface area contributed by atoms with Crippen LogP contribution in [0, 0.1) is 0 Å². The molecule has 0 unspecified atom stereocenters. The van der Waals surface area contributed by atoms with Gasteiger partial charge in [-0.3, -0.25) is 9.10 Å². The number of benzene rings is 2. The zero-order chi connectivity index (χ0) is 17.9. The van der Waals surface area contributed by atoms with Crippen LogP contribution in [0.3, 0.4) is 0 Å². The summed E-state index contributed by atoms with van der Waals surface area (Å²) in [5, 5.41) is 3.15. The van der Waals surface area contributed by atoms with E-state index in [-0.39, 0.29) is 22.7 Å². The first-order valence-electron chi connectivity index (χ1n) is 7.29. The maximum atomic E-state index is 12.4. The predicted molar refractivity (Wildman–Crippen MR) is 97.0 cm³/mol. The van der Waals surface area contributed by atoms with E-state index in [1.165, 1.54) is 19.2 Å². The average Bonchev–Trinajstić information content (AvgIpc) is 2.54. The summed E-state index contributed by atoms with van der Waals surface area (Å²) in [6.45, 7) is 1.88. The fourth-order valence-electron chi connectivity index (χ4n) is 2.18. The SMILES string of the molecule is C[C@@H](NC(=O)c1ccc(Cl)c(N(C)S(C)(=O)=O)c1)c1ccccc1. The highest BCUT2D eigenvalue weighted by atomic mass is 35.5. The molecule has 0 aliphatic rings. The van der Waals surface area contributed by atoms with Crippen molar-refractivity contribution in [1.29, 1.82) is 0 Å². The molecule has 0 bridgehead atoms. The van der Waals surface area contributed by atoms with Crippen LogP contribution in [0.2, 0.25) is 5.02 Å². The van der Waals surface area contributed by atoms with Gasteiger partial charge in [-0.1, -0.05) is 41.9 Å². The maximum absolute atomic E-state index is 12.4.